The van der Waals surface area contributed by atoms with E-state index in [1.165, 1.54) is 29.5 Å². The number of likely N-dealkylation sites (tertiary alicyclic amines) is 1. The standard InChI is InChI=1S/C24H32Cl2N2.C2H6/c1-5-11-24(19-8-7-17(3)18(4)14-19)12-13-28(6-2)16-23(24)27-20-9-10-21(25)22(26)15-20;1-2/h7-10,14-15,23,27H,5-6,11-13,16H2,1-4H3;1-2H3. The van der Waals surface area contributed by atoms with Gasteiger partial charge in [-0.1, -0.05) is 75.5 Å². The molecule has 0 saturated carbocycles. The van der Waals surface area contributed by atoms with Crippen molar-refractivity contribution in [2.24, 2.45) is 0 Å². The number of aryl methyl sites for hydroxylation is 2. The van der Waals surface area contributed by atoms with Gasteiger partial charge in [0.25, 0.3) is 0 Å². The van der Waals surface area contributed by atoms with Gasteiger partial charge in [0.15, 0.2) is 0 Å². The Morgan fingerprint density at radius 3 is 2.33 bits per heavy atom. The van der Waals surface area contributed by atoms with Gasteiger partial charge in [0.05, 0.1) is 10.0 Å². The molecule has 1 N–H and O–H groups in total. The van der Waals surface area contributed by atoms with Crippen molar-refractivity contribution in [3.05, 3.63) is 63.1 Å². The molecule has 0 aliphatic carbocycles. The Morgan fingerprint density at radius 2 is 1.73 bits per heavy atom. The second kappa shape index (κ2) is 11.4. The van der Waals surface area contributed by atoms with Crippen LogP contribution in [0.25, 0.3) is 0 Å². The number of nitrogens with one attached hydrogen (secondary N) is 1. The van der Waals surface area contributed by atoms with Gasteiger partial charge in [-0.2, -0.15) is 0 Å². The van der Waals surface area contributed by atoms with Crippen molar-refractivity contribution in [2.45, 2.75) is 72.3 Å². The first kappa shape index (κ1) is 25.0. The number of benzene rings is 2. The SMILES string of the molecule is CC.CCCC1(c2ccc(C)c(C)c2)CCN(CC)CC1Nc1ccc(Cl)c(Cl)c1. The Labute approximate surface area is 194 Å². The lowest BCUT2D eigenvalue weighted by atomic mass is 9.66. The van der Waals surface area contributed by atoms with Gasteiger partial charge in [-0.15, -0.1) is 0 Å². The predicted octanol–water partition coefficient (Wildman–Crippen LogP) is 7.88. The van der Waals surface area contributed by atoms with Crippen LogP contribution in [0.15, 0.2) is 36.4 Å². The Hall–Kier alpha value is -1.22. The van der Waals surface area contributed by atoms with Gasteiger partial charge in [-0.25, -0.2) is 0 Å². The first-order chi connectivity index (χ1) is 14.4. The molecule has 0 amide bonds. The van der Waals surface area contributed by atoms with E-state index in [1.54, 1.807) is 0 Å². The third kappa shape index (κ3) is 5.52. The van der Waals surface area contributed by atoms with Gasteiger partial charge >= 0.3 is 0 Å². The molecule has 2 nitrogen and oxygen atoms in total. The molecule has 0 bridgehead atoms. The van der Waals surface area contributed by atoms with Gasteiger partial charge in [0.1, 0.15) is 0 Å². The van der Waals surface area contributed by atoms with Crippen molar-refractivity contribution >= 4 is 28.9 Å². The van der Waals surface area contributed by atoms with E-state index in [9.17, 15) is 0 Å². The Kier molecular flexibility index (Phi) is 9.53. The molecule has 30 heavy (non-hydrogen) atoms. The minimum Gasteiger partial charge on any atom is -0.380 e. The molecule has 0 aromatic heterocycles. The number of anilines is 1. The monoisotopic (exact) mass is 448 g/mol. The first-order valence-electron chi connectivity index (χ1n) is 11.4. The van der Waals surface area contributed by atoms with Gasteiger partial charge in [0.2, 0.25) is 0 Å². The Bertz CT molecular complexity index is 821. The molecule has 1 heterocycles. The van der Waals surface area contributed by atoms with Crippen LogP contribution in [0, 0.1) is 13.8 Å². The summed E-state index contributed by atoms with van der Waals surface area (Å²) in [6.45, 7) is 16.2. The number of halogens is 2. The normalized spacial score (nSPS) is 21.7. The number of nitrogens with zero attached hydrogens (tertiary/aromatic N) is 1. The summed E-state index contributed by atoms with van der Waals surface area (Å²) in [5, 5.41) is 5.03. The van der Waals surface area contributed by atoms with Crippen molar-refractivity contribution in [3.8, 4) is 0 Å². The number of hydrogen-bond donors (Lipinski definition) is 1. The smallest absolute Gasteiger partial charge is 0.0612 e. The molecule has 2 aromatic carbocycles. The Morgan fingerprint density at radius 1 is 1.00 bits per heavy atom. The zero-order valence-corrected chi connectivity index (χ0v) is 21.0. The highest BCUT2D eigenvalue weighted by atomic mass is 35.5. The lowest BCUT2D eigenvalue weighted by Crippen LogP contribution is -2.56. The predicted molar refractivity (Wildman–Crippen MR) is 134 cm³/mol. The highest BCUT2D eigenvalue weighted by molar-refractivity contribution is 6.42. The summed E-state index contributed by atoms with van der Waals surface area (Å²) in [4.78, 5) is 2.55. The van der Waals surface area contributed by atoms with E-state index in [2.05, 4.69) is 56.1 Å². The summed E-state index contributed by atoms with van der Waals surface area (Å²) >= 11 is 12.4. The van der Waals surface area contributed by atoms with Crippen molar-refractivity contribution in [1.29, 1.82) is 0 Å². The van der Waals surface area contributed by atoms with Crippen LogP contribution in [0.2, 0.25) is 10.0 Å². The van der Waals surface area contributed by atoms with Crippen molar-refractivity contribution in [2.75, 3.05) is 25.0 Å². The fraction of sp³-hybridized carbons (Fsp3) is 0.538. The minimum absolute atomic E-state index is 0.116. The first-order valence-corrected chi connectivity index (χ1v) is 12.2. The summed E-state index contributed by atoms with van der Waals surface area (Å²) in [6.07, 6.45) is 3.50. The number of rotatable bonds is 6. The summed E-state index contributed by atoms with van der Waals surface area (Å²) in [5.74, 6) is 0. The second-order valence-electron chi connectivity index (χ2n) is 8.17. The molecule has 4 heteroatoms. The van der Waals surface area contributed by atoms with Crippen molar-refractivity contribution < 1.29 is 0 Å². The highest BCUT2D eigenvalue weighted by Crippen LogP contribution is 2.42. The van der Waals surface area contributed by atoms with Crippen LogP contribution in [0.1, 0.15) is 63.6 Å². The summed E-state index contributed by atoms with van der Waals surface area (Å²) in [6, 6.07) is 13.2. The van der Waals surface area contributed by atoms with Crippen LogP contribution in [0.5, 0.6) is 0 Å². The maximum atomic E-state index is 6.29. The number of hydrogen-bond acceptors (Lipinski definition) is 2. The summed E-state index contributed by atoms with van der Waals surface area (Å²) < 4.78 is 0. The average Bonchev–Trinajstić information content (AvgIpc) is 2.75. The molecule has 1 saturated heterocycles. The van der Waals surface area contributed by atoms with Crippen LogP contribution in [-0.4, -0.2) is 30.6 Å². The van der Waals surface area contributed by atoms with E-state index in [4.69, 9.17) is 23.2 Å². The molecule has 166 valence electrons. The zero-order chi connectivity index (χ0) is 22.3. The zero-order valence-electron chi connectivity index (χ0n) is 19.5. The lowest BCUT2D eigenvalue weighted by molar-refractivity contribution is 0.140. The maximum absolute atomic E-state index is 6.29. The van der Waals surface area contributed by atoms with E-state index < -0.39 is 0 Å². The molecule has 0 radical (unpaired) electrons. The topological polar surface area (TPSA) is 15.3 Å². The Balaban J connectivity index is 0.00000155. The van der Waals surface area contributed by atoms with E-state index in [0.717, 1.165) is 31.7 Å². The van der Waals surface area contributed by atoms with Crippen LogP contribution in [0.4, 0.5) is 5.69 Å². The molecule has 0 spiro atoms. The molecule has 1 fully saturated rings. The third-order valence-electron chi connectivity index (χ3n) is 6.47. The molecule has 2 unspecified atom stereocenters. The quantitative estimate of drug-likeness (QED) is 0.482. The van der Waals surface area contributed by atoms with Gasteiger partial charge < -0.3 is 10.2 Å². The molecule has 2 aromatic rings. The molecule has 2 atom stereocenters. The fourth-order valence-electron chi connectivity index (χ4n) is 4.60. The van der Waals surface area contributed by atoms with E-state index >= 15 is 0 Å². The second-order valence-corrected chi connectivity index (χ2v) is 8.99. The molecular formula is C26H38Cl2N2. The molecule has 1 aliphatic rings. The van der Waals surface area contributed by atoms with Crippen LogP contribution >= 0.6 is 23.2 Å². The van der Waals surface area contributed by atoms with Crippen LogP contribution in [0.3, 0.4) is 0 Å². The van der Waals surface area contributed by atoms with E-state index in [1.807, 2.05) is 32.0 Å². The minimum atomic E-state index is 0.116. The van der Waals surface area contributed by atoms with Gasteiger partial charge in [-0.3, -0.25) is 0 Å². The third-order valence-corrected chi connectivity index (χ3v) is 7.21. The van der Waals surface area contributed by atoms with Crippen molar-refractivity contribution in [1.82, 2.24) is 4.90 Å². The van der Waals surface area contributed by atoms with Crippen molar-refractivity contribution in [3.63, 3.8) is 0 Å². The van der Waals surface area contributed by atoms with E-state index in [0.29, 0.717) is 16.1 Å². The lowest BCUT2D eigenvalue weighted by Gasteiger charge is -2.49. The average molecular weight is 450 g/mol. The summed E-state index contributed by atoms with van der Waals surface area (Å²) in [5.41, 5.74) is 5.35. The maximum Gasteiger partial charge on any atom is 0.0612 e. The number of likely N-dealkylation sites (N-methyl/N-ethyl adjacent to an activating group) is 1. The number of piperidine rings is 1. The highest BCUT2D eigenvalue weighted by Gasteiger charge is 2.43. The molecular weight excluding hydrogens is 411 g/mol. The van der Waals surface area contributed by atoms with E-state index in [-0.39, 0.29) is 5.41 Å². The van der Waals surface area contributed by atoms with Crippen LogP contribution < -0.4 is 5.32 Å². The largest absolute Gasteiger partial charge is 0.380 e. The summed E-state index contributed by atoms with van der Waals surface area (Å²) in [7, 11) is 0. The van der Waals surface area contributed by atoms with Crippen LogP contribution in [-0.2, 0) is 5.41 Å². The molecule has 3 rings (SSSR count). The van der Waals surface area contributed by atoms with Gasteiger partial charge in [0, 0.05) is 23.7 Å². The fourth-order valence-corrected chi connectivity index (χ4v) is 4.90. The van der Waals surface area contributed by atoms with Gasteiger partial charge in [-0.05, 0) is 74.7 Å². The molecule has 1 aliphatic heterocycles.